The molecule has 0 fully saturated rings. The lowest BCUT2D eigenvalue weighted by Gasteiger charge is -2.39. The fourth-order valence-electron chi connectivity index (χ4n) is 22.3. The number of thiophene rings is 2. The van der Waals surface area contributed by atoms with Crippen LogP contribution in [0.15, 0.2) is 456 Å². The Kier molecular flexibility index (Phi) is 15.9. The summed E-state index contributed by atoms with van der Waals surface area (Å²) >= 11 is 7.55. The van der Waals surface area contributed by atoms with Crippen LogP contribution in [0.2, 0.25) is 0 Å². The van der Waals surface area contributed by atoms with Gasteiger partial charge in [-0.15, -0.1) is 22.7 Å². The molecule has 126 heavy (non-hydrogen) atoms. The molecule has 0 N–H and O–H groups in total. The molecule has 2 aliphatic heterocycles. The second kappa shape index (κ2) is 27.9. The molecule has 2 aliphatic carbocycles. The van der Waals surface area contributed by atoms with Gasteiger partial charge in [0.2, 0.25) is 0 Å². The summed E-state index contributed by atoms with van der Waals surface area (Å²) in [5, 5.41) is 15.1. The average Bonchev–Trinajstić information content (AvgIpc) is 1.50. The zero-order chi connectivity index (χ0) is 82.5. The summed E-state index contributed by atoms with van der Waals surface area (Å²) in [5.74, 6) is 0. The Morgan fingerprint density at radius 1 is 0.206 bits per heavy atom. The zero-order valence-corrected chi connectivity index (χ0v) is 71.3. The van der Waals surface area contributed by atoms with E-state index in [1.807, 2.05) is 46.2 Å². The first-order chi connectivity index (χ1) is 62.5. The van der Waals surface area contributed by atoms with Crippen molar-refractivity contribution in [2.24, 2.45) is 0 Å². The average molecular weight is 1670 g/mol. The monoisotopic (exact) mass is 1670 g/mol. The van der Waals surface area contributed by atoms with Crippen LogP contribution in [0.25, 0.3) is 139 Å². The molecular formula is C118H72N4S4. The van der Waals surface area contributed by atoms with Crippen molar-refractivity contribution in [3.63, 3.8) is 0 Å². The first-order valence-corrected chi connectivity index (χ1v) is 46.5. The van der Waals surface area contributed by atoms with Crippen molar-refractivity contribution in [3.8, 4) is 33.6 Å². The normalized spacial score (nSPS) is 13.5. The van der Waals surface area contributed by atoms with E-state index < -0.39 is 10.8 Å². The van der Waals surface area contributed by atoms with Gasteiger partial charge in [-0.25, -0.2) is 0 Å². The van der Waals surface area contributed by atoms with Crippen molar-refractivity contribution in [1.82, 2.24) is 9.13 Å². The maximum atomic E-state index is 2.59. The maximum Gasteiger partial charge on any atom is 0.0736 e. The van der Waals surface area contributed by atoms with E-state index >= 15 is 0 Å². The van der Waals surface area contributed by atoms with Crippen molar-refractivity contribution in [2.45, 2.75) is 30.4 Å². The molecule has 0 saturated heterocycles. The minimum absolute atomic E-state index is 0.522. The molecule has 24 aromatic rings. The molecule has 0 radical (unpaired) electrons. The number of anilines is 6. The highest BCUT2D eigenvalue weighted by atomic mass is 32.2. The second-order valence-corrected chi connectivity index (χ2v) is 37.8. The van der Waals surface area contributed by atoms with Crippen molar-refractivity contribution >= 4 is 186 Å². The van der Waals surface area contributed by atoms with Crippen molar-refractivity contribution in [3.05, 3.63) is 481 Å². The lowest BCUT2D eigenvalue weighted by atomic mass is 9.67. The molecule has 0 atom stereocenters. The maximum absolute atomic E-state index is 2.59. The largest absolute Gasteiger partial charge is 0.309 e. The zero-order valence-electron chi connectivity index (χ0n) is 68.0. The fourth-order valence-corrected chi connectivity index (χ4v) is 27.0. The van der Waals surface area contributed by atoms with Crippen molar-refractivity contribution < 1.29 is 0 Å². The van der Waals surface area contributed by atoms with E-state index in [9.17, 15) is 0 Å². The predicted octanol–water partition coefficient (Wildman–Crippen LogP) is 33.2. The van der Waals surface area contributed by atoms with Crippen LogP contribution in [0.1, 0.15) is 44.5 Å². The first kappa shape index (κ1) is 71.8. The Labute approximate surface area is 744 Å². The van der Waals surface area contributed by atoms with Gasteiger partial charge in [-0.3, -0.25) is 0 Å². The van der Waals surface area contributed by atoms with Gasteiger partial charge in [0.15, 0.2) is 0 Å². The summed E-state index contributed by atoms with van der Waals surface area (Å²) in [4.78, 5) is 10.4. The van der Waals surface area contributed by atoms with E-state index in [1.54, 1.807) is 0 Å². The second-order valence-electron chi connectivity index (χ2n) is 33.5. The summed E-state index contributed by atoms with van der Waals surface area (Å²) in [6.45, 7) is 0. The van der Waals surface area contributed by atoms with Gasteiger partial charge in [0.05, 0.1) is 60.3 Å². The topological polar surface area (TPSA) is 16.3 Å². The van der Waals surface area contributed by atoms with E-state index in [-0.39, 0.29) is 0 Å². The molecule has 0 amide bonds. The standard InChI is InChI=1S/2C59H36N2S2/c1-2-17-38(18-3-1)60-49-26-10-6-20-41(49)44-36-39(33-35-50(44)60)61(52-28-14-22-43-42-21-7-11-29-53(42)63-58(43)52)51-27-15-25-47-57(51)56-40-19-5-4-16-37(40)32-34-48(56)59(47)45-23-8-12-30-54(45)62-55-31-13-9-24-46(55)59;1-2-17-38(18-3-1)60-48-25-10-6-20-41(48)43-36-39(33-35-49(43)60)61(50-27-15-31-55-57(50)42-21-7-11-28-52(42)62-55)51-26-14-24-46-58(51)56-40-19-5-4-16-37(40)32-34-47(56)59(46)44-22-8-12-29-53(44)63-54-30-13-9-23-45(54)59/h2*1-36H. The Hall–Kier alpha value is -14.7. The van der Waals surface area contributed by atoms with Crippen LogP contribution in [0.3, 0.4) is 0 Å². The van der Waals surface area contributed by atoms with Gasteiger partial charge in [0.25, 0.3) is 0 Å². The smallest absolute Gasteiger partial charge is 0.0736 e. The fraction of sp³-hybridized carbons (Fsp3) is 0.0169. The third-order valence-electron chi connectivity index (χ3n) is 27.2. The van der Waals surface area contributed by atoms with Crippen LogP contribution in [0.4, 0.5) is 34.1 Å². The first-order valence-electron chi connectivity index (χ1n) is 43.2. The minimum atomic E-state index is -0.525. The Morgan fingerprint density at radius 2 is 0.556 bits per heavy atom. The number of benzene rings is 20. The Bertz CT molecular complexity index is 8630. The Balaban J connectivity index is 0.000000131. The van der Waals surface area contributed by atoms with E-state index in [2.05, 4.69) is 456 Å². The lowest BCUT2D eigenvalue weighted by molar-refractivity contribution is 0.723. The highest BCUT2D eigenvalue weighted by molar-refractivity contribution is 7.99. The molecule has 6 heterocycles. The van der Waals surface area contributed by atoms with Crippen LogP contribution in [0.5, 0.6) is 0 Å². The van der Waals surface area contributed by atoms with E-state index in [1.165, 1.54) is 215 Å². The molecule has 0 saturated carbocycles. The number of aromatic nitrogens is 2. The summed E-state index contributed by atoms with van der Waals surface area (Å²) in [6.07, 6.45) is 0. The summed E-state index contributed by atoms with van der Waals surface area (Å²) < 4.78 is 9.97. The molecule has 0 unspecified atom stereocenters. The summed E-state index contributed by atoms with van der Waals surface area (Å²) in [5.41, 5.74) is 28.8. The number of rotatable bonds is 8. The van der Waals surface area contributed by atoms with Crippen molar-refractivity contribution in [2.75, 3.05) is 9.80 Å². The third-order valence-corrected chi connectivity index (χ3v) is 31.9. The van der Waals surface area contributed by atoms with Gasteiger partial charge < -0.3 is 18.9 Å². The number of hydrogen-bond acceptors (Lipinski definition) is 6. The van der Waals surface area contributed by atoms with Crippen LogP contribution < -0.4 is 9.80 Å². The molecular weight excluding hydrogens is 1600 g/mol. The third kappa shape index (κ3) is 10.1. The molecule has 20 aromatic carbocycles. The molecule has 2 spiro atoms. The van der Waals surface area contributed by atoms with E-state index in [0.717, 1.165) is 22.7 Å². The van der Waals surface area contributed by atoms with Gasteiger partial charge in [0, 0.05) is 111 Å². The highest BCUT2D eigenvalue weighted by Gasteiger charge is 2.54. The number of para-hydroxylation sites is 4. The summed E-state index contributed by atoms with van der Waals surface area (Å²) in [7, 11) is 0. The molecule has 4 aliphatic rings. The molecule has 28 rings (SSSR count). The van der Waals surface area contributed by atoms with Gasteiger partial charge in [0.1, 0.15) is 0 Å². The quantitative estimate of drug-likeness (QED) is 0.151. The number of hydrogen-bond donors (Lipinski definition) is 0. The van der Waals surface area contributed by atoms with Gasteiger partial charge in [-0.2, -0.15) is 0 Å². The molecule has 4 aromatic heterocycles. The molecule has 588 valence electrons. The minimum Gasteiger partial charge on any atom is -0.309 e. The van der Waals surface area contributed by atoms with Gasteiger partial charge >= 0.3 is 0 Å². The van der Waals surface area contributed by atoms with Crippen LogP contribution in [0, 0.1) is 0 Å². The molecule has 8 heteroatoms. The number of fused-ring (bicyclic) bond motifs is 34. The van der Waals surface area contributed by atoms with Gasteiger partial charge in [-0.1, -0.05) is 321 Å². The predicted molar refractivity (Wildman–Crippen MR) is 535 cm³/mol. The van der Waals surface area contributed by atoms with Crippen molar-refractivity contribution in [1.29, 1.82) is 0 Å². The van der Waals surface area contributed by atoms with Crippen LogP contribution >= 0.6 is 46.2 Å². The number of nitrogens with zero attached hydrogens (tertiary/aromatic N) is 4. The van der Waals surface area contributed by atoms with E-state index in [0.29, 0.717) is 0 Å². The lowest BCUT2D eigenvalue weighted by Crippen LogP contribution is -2.32. The van der Waals surface area contributed by atoms with E-state index in [4.69, 9.17) is 0 Å². The van der Waals surface area contributed by atoms with Crippen LogP contribution in [-0.2, 0) is 10.8 Å². The highest BCUT2D eigenvalue weighted by Crippen LogP contribution is 2.68. The SMILES string of the molecule is c1ccc(-n2c3ccccc3c3cc(N(c4cccc5c4-c4c(ccc6ccccc46)C54c5ccccc5Sc5ccccc54)c4cccc5c4sc4ccccc45)ccc32)cc1.c1ccc(-n2c3ccccc3c3cc(N(c4cccc5c4-c4c(ccc6ccccc46)C54c5ccccc5Sc5ccccc54)c4cccc5sc6ccccc6c45)ccc32)cc1. The molecule has 4 nitrogen and oxygen atoms in total. The summed E-state index contributed by atoms with van der Waals surface area (Å²) in [6, 6.07) is 163. The molecule has 0 bridgehead atoms. The van der Waals surface area contributed by atoms with Gasteiger partial charge in [-0.05, 0) is 217 Å². The Morgan fingerprint density at radius 3 is 1.06 bits per heavy atom. The van der Waals surface area contributed by atoms with Crippen LogP contribution in [-0.4, -0.2) is 9.13 Å².